The van der Waals surface area contributed by atoms with E-state index in [-0.39, 0.29) is 12.2 Å². The molecule has 0 saturated carbocycles. The van der Waals surface area contributed by atoms with Crippen LogP contribution in [0.3, 0.4) is 0 Å². The number of ketones is 1. The Morgan fingerprint density at radius 2 is 2.40 bits per heavy atom. The molecule has 1 rings (SSSR count). The van der Waals surface area contributed by atoms with Gasteiger partial charge in [-0.2, -0.15) is 0 Å². The third kappa shape index (κ3) is 1.30. The predicted octanol–water partition coefficient (Wildman–Crippen LogP) is -0.309. The lowest BCUT2D eigenvalue weighted by molar-refractivity contribution is -0.122. The van der Waals surface area contributed by atoms with Crippen molar-refractivity contribution in [3.05, 3.63) is 12.2 Å². The van der Waals surface area contributed by atoms with Crippen LogP contribution in [0.25, 0.3) is 0 Å². The minimum absolute atomic E-state index is 0.0950. The molecule has 3 nitrogen and oxygen atoms in total. The van der Waals surface area contributed by atoms with Crippen molar-refractivity contribution >= 4 is 12.1 Å². The molecule has 0 aromatic carbocycles. The van der Waals surface area contributed by atoms with Crippen molar-refractivity contribution in [3.8, 4) is 0 Å². The Balaban J connectivity index is 2.70. The summed E-state index contributed by atoms with van der Waals surface area (Å²) in [6, 6.07) is 0. The van der Waals surface area contributed by atoms with Crippen LogP contribution in [0.1, 0.15) is 6.42 Å². The van der Waals surface area contributed by atoms with Gasteiger partial charge in [0.05, 0.1) is 12.0 Å². The number of carbonyl (C=O) groups excluding carboxylic acids is 2. The van der Waals surface area contributed by atoms with E-state index in [9.17, 15) is 9.59 Å². The lowest BCUT2D eigenvalue weighted by atomic mass is 9.92. The van der Waals surface area contributed by atoms with Crippen molar-refractivity contribution < 1.29 is 14.7 Å². The van der Waals surface area contributed by atoms with E-state index in [1.165, 1.54) is 12.2 Å². The zero-order valence-corrected chi connectivity index (χ0v) is 5.36. The largest absolute Gasteiger partial charge is 0.388 e. The van der Waals surface area contributed by atoms with Crippen LogP contribution in [-0.2, 0) is 9.59 Å². The molecule has 0 radical (unpaired) electrons. The topological polar surface area (TPSA) is 54.4 Å². The Kier molecular flexibility index (Phi) is 1.97. The smallest absolute Gasteiger partial charge is 0.156 e. The van der Waals surface area contributed by atoms with E-state index in [2.05, 4.69) is 0 Å². The van der Waals surface area contributed by atoms with Crippen molar-refractivity contribution in [1.29, 1.82) is 0 Å². The number of allylic oxidation sites excluding steroid dienone is 1. The van der Waals surface area contributed by atoms with Gasteiger partial charge < -0.3 is 9.90 Å². The van der Waals surface area contributed by atoms with Crippen LogP contribution in [0.5, 0.6) is 0 Å². The normalized spacial score (nSPS) is 32.3. The quantitative estimate of drug-likeness (QED) is 0.508. The van der Waals surface area contributed by atoms with E-state index in [0.29, 0.717) is 6.29 Å². The van der Waals surface area contributed by atoms with E-state index >= 15 is 0 Å². The van der Waals surface area contributed by atoms with Crippen molar-refractivity contribution in [2.24, 2.45) is 5.92 Å². The van der Waals surface area contributed by atoms with Crippen molar-refractivity contribution in [1.82, 2.24) is 0 Å². The van der Waals surface area contributed by atoms with Crippen LogP contribution >= 0.6 is 0 Å². The molecule has 1 aliphatic carbocycles. The summed E-state index contributed by atoms with van der Waals surface area (Å²) >= 11 is 0. The van der Waals surface area contributed by atoms with Crippen LogP contribution < -0.4 is 0 Å². The maximum Gasteiger partial charge on any atom is 0.156 e. The molecule has 0 bridgehead atoms. The highest BCUT2D eigenvalue weighted by atomic mass is 16.3. The van der Waals surface area contributed by atoms with Gasteiger partial charge in [-0.25, -0.2) is 0 Å². The average Bonchev–Trinajstić information content (AvgIpc) is 1.94. The van der Waals surface area contributed by atoms with Crippen molar-refractivity contribution in [2.75, 3.05) is 0 Å². The summed E-state index contributed by atoms with van der Waals surface area (Å²) in [4.78, 5) is 20.8. The third-order valence-electron chi connectivity index (χ3n) is 1.53. The van der Waals surface area contributed by atoms with E-state index < -0.39 is 12.0 Å². The highest BCUT2D eigenvalue weighted by molar-refractivity contribution is 5.92. The van der Waals surface area contributed by atoms with Gasteiger partial charge in [-0.1, -0.05) is 6.08 Å². The SMILES string of the molecule is O=CC1CC(=O)C=CC1O. The first kappa shape index (κ1) is 7.15. The molecule has 0 saturated heterocycles. The number of rotatable bonds is 1. The van der Waals surface area contributed by atoms with Gasteiger partial charge in [0.2, 0.25) is 0 Å². The molecule has 0 aliphatic heterocycles. The molecular weight excluding hydrogens is 132 g/mol. The molecule has 0 heterocycles. The molecule has 1 aliphatic rings. The van der Waals surface area contributed by atoms with Gasteiger partial charge in [0, 0.05) is 6.42 Å². The third-order valence-corrected chi connectivity index (χ3v) is 1.53. The van der Waals surface area contributed by atoms with Crippen LogP contribution in [-0.4, -0.2) is 23.3 Å². The molecule has 0 amide bonds. The fourth-order valence-corrected chi connectivity index (χ4v) is 0.898. The summed E-state index contributed by atoms with van der Waals surface area (Å²) in [7, 11) is 0. The molecule has 10 heavy (non-hydrogen) atoms. The van der Waals surface area contributed by atoms with Crippen molar-refractivity contribution in [3.63, 3.8) is 0 Å². The van der Waals surface area contributed by atoms with E-state index in [4.69, 9.17) is 5.11 Å². The van der Waals surface area contributed by atoms with Crippen LogP contribution in [0.2, 0.25) is 0 Å². The number of hydrogen-bond acceptors (Lipinski definition) is 3. The second kappa shape index (κ2) is 2.75. The Morgan fingerprint density at radius 1 is 1.70 bits per heavy atom. The molecular formula is C7H8O3. The summed E-state index contributed by atoms with van der Waals surface area (Å²) in [5, 5.41) is 9.02. The second-order valence-electron chi connectivity index (χ2n) is 2.32. The molecule has 2 atom stereocenters. The maximum atomic E-state index is 10.6. The first-order valence-electron chi connectivity index (χ1n) is 3.08. The summed E-state index contributed by atoms with van der Waals surface area (Å²) in [6.07, 6.45) is 2.65. The highest BCUT2D eigenvalue weighted by Crippen LogP contribution is 2.13. The van der Waals surface area contributed by atoms with Gasteiger partial charge in [-0.15, -0.1) is 0 Å². The molecule has 3 heteroatoms. The molecule has 0 fully saturated rings. The monoisotopic (exact) mass is 140 g/mol. The van der Waals surface area contributed by atoms with Crippen LogP contribution in [0.15, 0.2) is 12.2 Å². The number of carbonyl (C=O) groups is 2. The number of hydrogen-bond donors (Lipinski definition) is 1. The minimum Gasteiger partial charge on any atom is -0.388 e. The van der Waals surface area contributed by atoms with Crippen LogP contribution in [0, 0.1) is 5.92 Å². The fourth-order valence-electron chi connectivity index (χ4n) is 0.898. The van der Waals surface area contributed by atoms with Gasteiger partial charge >= 0.3 is 0 Å². The first-order chi connectivity index (χ1) is 4.74. The number of aliphatic hydroxyl groups excluding tert-OH is 1. The molecule has 54 valence electrons. The molecule has 0 aromatic heterocycles. The minimum atomic E-state index is -0.768. The Bertz CT molecular complexity index is 183. The zero-order chi connectivity index (χ0) is 7.56. The van der Waals surface area contributed by atoms with E-state index in [1.54, 1.807) is 0 Å². The van der Waals surface area contributed by atoms with Gasteiger partial charge in [-0.3, -0.25) is 4.79 Å². The first-order valence-corrected chi connectivity index (χ1v) is 3.08. The van der Waals surface area contributed by atoms with Crippen LogP contribution in [0.4, 0.5) is 0 Å². The zero-order valence-electron chi connectivity index (χ0n) is 5.36. The standard InChI is InChI=1S/C7H8O3/c8-4-5-3-6(9)1-2-7(5)10/h1-2,4-5,7,10H,3H2. The maximum absolute atomic E-state index is 10.6. The molecule has 0 spiro atoms. The number of aldehydes is 1. The second-order valence-corrected chi connectivity index (χ2v) is 2.32. The van der Waals surface area contributed by atoms with Crippen molar-refractivity contribution in [2.45, 2.75) is 12.5 Å². The Morgan fingerprint density at radius 3 is 2.90 bits per heavy atom. The lowest BCUT2D eigenvalue weighted by Gasteiger charge is -2.15. The van der Waals surface area contributed by atoms with E-state index in [0.717, 1.165) is 0 Å². The summed E-state index contributed by atoms with van der Waals surface area (Å²) in [5.74, 6) is -0.625. The highest BCUT2D eigenvalue weighted by Gasteiger charge is 2.22. The molecule has 1 N–H and O–H groups in total. The van der Waals surface area contributed by atoms with Gasteiger partial charge in [0.15, 0.2) is 5.78 Å². The Hall–Kier alpha value is -0.960. The Labute approximate surface area is 58.4 Å². The van der Waals surface area contributed by atoms with Gasteiger partial charge in [0.1, 0.15) is 6.29 Å². The number of aliphatic hydroxyl groups is 1. The summed E-state index contributed by atoms with van der Waals surface area (Å²) in [5.41, 5.74) is 0. The molecule has 0 aromatic rings. The summed E-state index contributed by atoms with van der Waals surface area (Å²) < 4.78 is 0. The summed E-state index contributed by atoms with van der Waals surface area (Å²) in [6.45, 7) is 0. The fraction of sp³-hybridized carbons (Fsp3) is 0.429. The lowest BCUT2D eigenvalue weighted by Crippen LogP contribution is -2.25. The molecule has 2 unspecified atom stereocenters. The van der Waals surface area contributed by atoms with Gasteiger partial charge in [-0.05, 0) is 6.08 Å². The van der Waals surface area contributed by atoms with E-state index in [1.807, 2.05) is 0 Å². The average molecular weight is 140 g/mol. The van der Waals surface area contributed by atoms with Gasteiger partial charge in [0.25, 0.3) is 0 Å². The predicted molar refractivity (Wildman–Crippen MR) is 34.3 cm³/mol.